The average molecular weight is 328 g/mol. The van der Waals surface area contributed by atoms with Crippen LogP contribution in [0, 0.1) is 18.7 Å². The summed E-state index contributed by atoms with van der Waals surface area (Å²) in [5.41, 5.74) is 1.34. The lowest BCUT2D eigenvalue weighted by molar-refractivity contribution is 0.0671. The number of alkyl halides is 1. The van der Waals surface area contributed by atoms with E-state index in [4.69, 9.17) is 0 Å². The van der Waals surface area contributed by atoms with Crippen molar-refractivity contribution >= 4 is 21.8 Å². The van der Waals surface area contributed by atoms with E-state index < -0.39 is 0 Å². The number of halogens is 2. The monoisotopic (exact) mass is 327 g/mol. The first-order chi connectivity index (χ1) is 9.11. The average Bonchev–Trinajstić information content (AvgIpc) is 2.41. The maximum atomic E-state index is 13.3. The van der Waals surface area contributed by atoms with Gasteiger partial charge in [-0.1, -0.05) is 22.0 Å². The van der Waals surface area contributed by atoms with Crippen molar-refractivity contribution in [2.24, 2.45) is 5.92 Å². The van der Waals surface area contributed by atoms with Gasteiger partial charge >= 0.3 is 0 Å². The van der Waals surface area contributed by atoms with Crippen LogP contribution in [-0.4, -0.2) is 29.2 Å². The van der Waals surface area contributed by atoms with E-state index in [0.717, 1.165) is 36.8 Å². The van der Waals surface area contributed by atoms with Crippen molar-refractivity contribution in [3.05, 3.63) is 35.1 Å². The Kier molecular flexibility index (Phi) is 4.97. The molecule has 1 aliphatic rings. The topological polar surface area (TPSA) is 20.3 Å². The molecule has 0 saturated carbocycles. The highest BCUT2D eigenvalue weighted by molar-refractivity contribution is 9.09. The van der Waals surface area contributed by atoms with Crippen molar-refractivity contribution in [2.45, 2.75) is 26.2 Å². The molecule has 0 bridgehead atoms. The van der Waals surface area contributed by atoms with Crippen molar-refractivity contribution in [3.63, 3.8) is 0 Å². The van der Waals surface area contributed by atoms with Crippen molar-refractivity contribution in [1.82, 2.24) is 4.90 Å². The highest BCUT2D eigenvalue weighted by Crippen LogP contribution is 2.23. The number of rotatable bonds is 3. The molecule has 0 spiro atoms. The summed E-state index contributed by atoms with van der Waals surface area (Å²) in [7, 11) is 0. The Hall–Kier alpha value is -0.900. The number of carbonyl (C=O) groups excluding carboxylic acids is 1. The Labute approximate surface area is 122 Å². The summed E-state index contributed by atoms with van der Waals surface area (Å²) < 4.78 is 13.3. The van der Waals surface area contributed by atoms with Gasteiger partial charge in [0.1, 0.15) is 5.82 Å². The standard InChI is InChI=1S/C15H19BrFNO/c1-11-4-5-13(17)9-14(11)15(19)18-8-2-3-12(10-18)6-7-16/h4-5,9,12H,2-3,6-8,10H2,1H3. The lowest BCUT2D eigenvalue weighted by atomic mass is 9.94. The molecule has 1 aromatic carbocycles. The molecule has 0 aliphatic carbocycles. The number of amides is 1. The quantitative estimate of drug-likeness (QED) is 0.774. The molecule has 1 heterocycles. The summed E-state index contributed by atoms with van der Waals surface area (Å²) >= 11 is 3.45. The van der Waals surface area contributed by atoms with E-state index >= 15 is 0 Å². The van der Waals surface area contributed by atoms with Gasteiger partial charge in [-0.05, 0) is 49.8 Å². The Morgan fingerprint density at radius 3 is 3.05 bits per heavy atom. The first-order valence-corrected chi connectivity index (χ1v) is 7.85. The van der Waals surface area contributed by atoms with Crippen LogP contribution in [-0.2, 0) is 0 Å². The van der Waals surface area contributed by atoms with Crippen LogP contribution in [0.4, 0.5) is 4.39 Å². The van der Waals surface area contributed by atoms with E-state index in [9.17, 15) is 9.18 Å². The molecule has 1 amide bonds. The number of nitrogens with zero attached hydrogens (tertiary/aromatic N) is 1. The zero-order valence-corrected chi connectivity index (χ0v) is 12.7. The predicted octanol–water partition coefficient (Wildman–Crippen LogP) is 3.77. The van der Waals surface area contributed by atoms with Gasteiger partial charge in [0, 0.05) is 24.0 Å². The zero-order chi connectivity index (χ0) is 13.8. The van der Waals surface area contributed by atoms with Gasteiger partial charge in [0.15, 0.2) is 0 Å². The molecule has 1 fully saturated rings. The fraction of sp³-hybridized carbons (Fsp3) is 0.533. The molecule has 2 nitrogen and oxygen atoms in total. The highest BCUT2D eigenvalue weighted by Gasteiger charge is 2.25. The van der Waals surface area contributed by atoms with Crippen LogP contribution in [0.5, 0.6) is 0 Å². The molecule has 4 heteroatoms. The van der Waals surface area contributed by atoms with E-state index in [0.29, 0.717) is 11.5 Å². The minimum absolute atomic E-state index is 0.0312. The summed E-state index contributed by atoms with van der Waals surface area (Å²) in [6.45, 7) is 3.43. The molecule has 0 radical (unpaired) electrons. The van der Waals surface area contributed by atoms with Gasteiger partial charge < -0.3 is 4.90 Å². The summed E-state index contributed by atoms with van der Waals surface area (Å²) in [6, 6.07) is 4.42. The van der Waals surface area contributed by atoms with Crippen LogP contribution in [0.15, 0.2) is 18.2 Å². The molecule has 19 heavy (non-hydrogen) atoms. The second-order valence-electron chi connectivity index (χ2n) is 5.20. The van der Waals surface area contributed by atoms with Crippen LogP contribution in [0.25, 0.3) is 0 Å². The van der Waals surface area contributed by atoms with Gasteiger partial charge in [0.25, 0.3) is 5.91 Å². The van der Waals surface area contributed by atoms with Crippen molar-refractivity contribution in [2.75, 3.05) is 18.4 Å². The van der Waals surface area contributed by atoms with Crippen LogP contribution < -0.4 is 0 Å². The van der Waals surface area contributed by atoms with Crippen LogP contribution in [0.2, 0.25) is 0 Å². The number of piperidine rings is 1. The molecule has 104 valence electrons. The Morgan fingerprint density at radius 2 is 2.32 bits per heavy atom. The molecule has 1 saturated heterocycles. The lowest BCUT2D eigenvalue weighted by Gasteiger charge is -2.33. The van der Waals surface area contributed by atoms with Gasteiger partial charge in [-0.3, -0.25) is 4.79 Å². The lowest BCUT2D eigenvalue weighted by Crippen LogP contribution is -2.40. The fourth-order valence-corrected chi connectivity index (χ4v) is 3.28. The van der Waals surface area contributed by atoms with Gasteiger partial charge in [-0.15, -0.1) is 0 Å². The molecule has 0 aromatic heterocycles. The van der Waals surface area contributed by atoms with Crippen LogP contribution in [0.3, 0.4) is 0 Å². The minimum Gasteiger partial charge on any atom is -0.338 e. The Bertz CT molecular complexity index is 461. The third kappa shape index (κ3) is 3.56. The molecular formula is C15H19BrFNO. The minimum atomic E-state index is -0.344. The SMILES string of the molecule is Cc1ccc(F)cc1C(=O)N1CCCC(CCBr)C1. The van der Waals surface area contributed by atoms with Crippen molar-refractivity contribution in [3.8, 4) is 0 Å². The van der Waals surface area contributed by atoms with Gasteiger partial charge in [0.2, 0.25) is 0 Å². The number of hydrogen-bond donors (Lipinski definition) is 0. The van der Waals surface area contributed by atoms with E-state index in [1.165, 1.54) is 18.6 Å². The van der Waals surface area contributed by atoms with Crippen LogP contribution >= 0.6 is 15.9 Å². The van der Waals surface area contributed by atoms with E-state index in [-0.39, 0.29) is 11.7 Å². The van der Waals surface area contributed by atoms with Crippen LogP contribution in [0.1, 0.15) is 35.2 Å². The molecule has 1 aliphatic heterocycles. The molecule has 0 N–H and O–H groups in total. The predicted molar refractivity (Wildman–Crippen MR) is 78.2 cm³/mol. The Balaban J connectivity index is 2.12. The van der Waals surface area contributed by atoms with Gasteiger partial charge in [-0.25, -0.2) is 4.39 Å². The maximum Gasteiger partial charge on any atom is 0.254 e. The van der Waals surface area contributed by atoms with Crippen molar-refractivity contribution < 1.29 is 9.18 Å². The number of aryl methyl sites for hydroxylation is 1. The first-order valence-electron chi connectivity index (χ1n) is 6.73. The number of benzene rings is 1. The number of likely N-dealkylation sites (tertiary alicyclic amines) is 1. The summed E-state index contributed by atoms with van der Waals surface area (Å²) in [4.78, 5) is 14.3. The largest absolute Gasteiger partial charge is 0.338 e. The van der Waals surface area contributed by atoms with E-state index in [1.54, 1.807) is 6.07 Å². The van der Waals surface area contributed by atoms with E-state index in [1.807, 2.05) is 11.8 Å². The molecular weight excluding hydrogens is 309 g/mol. The zero-order valence-electron chi connectivity index (χ0n) is 11.2. The Morgan fingerprint density at radius 1 is 1.53 bits per heavy atom. The summed E-state index contributed by atoms with van der Waals surface area (Å²) in [5, 5.41) is 0.971. The molecule has 1 atom stereocenters. The third-order valence-electron chi connectivity index (χ3n) is 3.75. The number of carbonyl (C=O) groups is 1. The fourth-order valence-electron chi connectivity index (χ4n) is 2.63. The van der Waals surface area contributed by atoms with Crippen molar-refractivity contribution in [1.29, 1.82) is 0 Å². The summed E-state index contributed by atoms with van der Waals surface area (Å²) in [5.74, 6) is 0.185. The smallest absolute Gasteiger partial charge is 0.254 e. The van der Waals surface area contributed by atoms with Gasteiger partial charge in [0.05, 0.1) is 0 Å². The third-order valence-corrected chi connectivity index (χ3v) is 4.21. The van der Waals surface area contributed by atoms with E-state index in [2.05, 4.69) is 15.9 Å². The normalized spacial score (nSPS) is 19.5. The first kappa shape index (κ1) is 14.5. The summed E-state index contributed by atoms with van der Waals surface area (Å²) in [6.07, 6.45) is 3.31. The second-order valence-corrected chi connectivity index (χ2v) is 5.99. The molecule has 2 rings (SSSR count). The molecule has 1 aromatic rings. The number of hydrogen-bond acceptors (Lipinski definition) is 1. The second kappa shape index (κ2) is 6.51. The molecule has 1 unspecified atom stereocenters. The highest BCUT2D eigenvalue weighted by atomic mass is 79.9. The van der Waals surface area contributed by atoms with Gasteiger partial charge in [-0.2, -0.15) is 0 Å². The maximum absolute atomic E-state index is 13.3.